The Morgan fingerprint density at radius 3 is 2.30 bits per heavy atom. The van der Waals surface area contributed by atoms with Gasteiger partial charge in [-0.25, -0.2) is 8.42 Å². The van der Waals surface area contributed by atoms with Crippen molar-refractivity contribution in [3.05, 3.63) is 28.3 Å². The van der Waals surface area contributed by atoms with Gasteiger partial charge in [-0.2, -0.15) is 4.31 Å². The van der Waals surface area contributed by atoms with Gasteiger partial charge in [0.05, 0.1) is 9.82 Å². The molecule has 33 heavy (non-hydrogen) atoms. The van der Waals surface area contributed by atoms with Crippen molar-refractivity contribution in [2.24, 2.45) is 5.92 Å². The van der Waals surface area contributed by atoms with Crippen LogP contribution < -0.4 is 10.2 Å². The highest BCUT2D eigenvalue weighted by molar-refractivity contribution is 7.89. The number of nitrogens with one attached hydrogen (secondary N) is 1. The highest BCUT2D eigenvalue weighted by Crippen LogP contribution is 2.32. The zero-order valence-corrected chi connectivity index (χ0v) is 20.0. The number of hydrogen-bond acceptors (Lipinski definition) is 7. The van der Waals surface area contributed by atoms with Crippen molar-refractivity contribution < 1.29 is 22.9 Å². The van der Waals surface area contributed by atoms with Crippen molar-refractivity contribution in [1.82, 2.24) is 14.5 Å². The molecule has 0 radical (unpaired) electrons. The fraction of sp³-hybridized carbons (Fsp3) is 0.619. The first-order chi connectivity index (χ1) is 15.6. The van der Waals surface area contributed by atoms with Crippen LogP contribution in [0.25, 0.3) is 0 Å². The van der Waals surface area contributed by atoms with Crippen LogP contribution in [-0.4, -0.2) is 79.7 Å². The van der Waals surface area contributed by atoms with E-state index in [2.05, 4.69) is 5.32 Å². The molecular formula is C21H31N5O6S. The SMILES string of the molecule is CCN(CC)S(=O)(=O)c1ccc(N2CCN(C(=O)C(C)NC(=O)C3CC3)CC2)c([N+](=O)[O-])c1. The van der Waals surface area contributed by atoms with Crippen molar-refractivity contribution in [1.29, 1.82) is 0 Å². The molecule has 1 heterocycles. The van der Waals surface area contributed by atoms with Crippen LogP contribution in [0.2, 0.25) is 0 Å². The second-order valence-corrected chi connectivity index (χ2v) is 10.3. The van der Waals surface area contributed by atoms with E-state index in [1.165, 1.54) is 16.4 Å². The Morgan fingerprint density at radius 1 is 1.18 bits per heavy atom. The van der Waals surface area contributed by atoms with Gasteiger partial charge >= 0.3 is 0 Å². The van der Waals surface area contributed by atoms with Gasteiger partial charge in [0, 0.05) is 51.3 Å². The molecule has 3 rings (SSSR count). The predicted molar refractivity (Wildman–Crippen MR) is 122 cm³/mol. The van der Waals surface area contributed by atoms with E-state index in [4.69, 9.17) is 0 Å². The summed E-state index contributed by atoms with van der Waals surface area (Å²) in [6, 6.07) is 3.34. The van der Waals surface area contributed by atoms with Crippen LogP contribution in [0, 0.1) is 16.0 Å². The summed E-state index contributed by atoms with van der Waals surface area (Å²) < 4.78 is 26.8. The van der Waals surface area contributed by atoms with Gasteiger partial charge < -0.3 is 15.1 Å². The van der Waals surface area contributed by atoms with E-state index in [1.807, 2.05) is 0 Å². The van der Waals surface area contributed by atoms with E-state index in [-0.39, 0.29) is 41.4 Å². The number of nitro groups is 1. The first-order valence-corrected chi connectivity index (χ1v) is 12.7. The van der Waals surface area contributed by atoms with E-state index in [9.17, 15) is 28.1 Å². The molecule has 2 aliphatic rings. The maximum Gasteiger partial charge on any atom is 0.293 e. The lowest BCUT2D eigenvalue weighted by molar-refractivity contribution is -0.384. The summed E-state index contributed by atoms with van der Waals surface area (Å²) in [6.07, 6.45) is 1.72. The molecule has 1 atom stereocenters. The van der Waals surface area contributed by atoms with Crippen LogP contribution in [0.15, 0.2) is 23.1 Å². The summed E-state index contributed by atoms with van der Waals surface area (Å²) in [5.41, 5.74) is 0.0359. The van der Waals surface area contributed by atoms with Gasteiger partial charge in [0.25, 0.3) is 5.69 Å². The van der Waals surface area contributed by atoms with E-state index in [0.29, 0.717) is 31.9 Å². The molecule has 1 saturated heterocycles. The Labute approximate surface area is 193 Å². The number of rotatable bonds is 9. The summed E-state index contributed by atoms with van der Waals surface area (Å²) in [7, 11) is -3.82. The third kappa shape index (κ3) is 5.44. The molecule has 0 spiro atoms. The quantitative estimate of drug-likeness (QED) is 0.414. The van der Waals surface area contributed by atoms with Crippen LogP contribution >= 0.6 is 0 Å². The number of amides is 2. The van der Waals surface area contributed by atoms with Crippen molar-refractivity contribution in [3.8, 4) is 0 Å². The number of piperazine rings is 1. The minimum Gasteiger partial charge on any atom is -0.362 e. The van der Waals surface area contributed by atoms with Crippen LogP contribution in [0.4, 0.5) is 11.4 Å². The molecule has 1 saturated carbocycles. The van der Waals surface area contributed by atoms with Crippen molar-refractivity contribution in [2.75, 3.05) is 44.2 Å². The lowest BCUT2D eigenvalue weighted by Gasteiger charge is -2.37. The van der Waals surface area contributed by atoms with Gasteiger partial charge in [-0.1, -0.05) is 13.8 Å². The standard InChI is InChI=1S/C21H31N5O6S/c1-4-25(5-2)33(31,32)17-8-9-18(19(14-17)26(29)30)23-10-12-24(13-11-23)21(28)15(3)22-20(27)16-6-7-16/h8-9,14-16H,4-7,10-13H2,1-3H3,(H,22,27). The van der Waals surface area contributed by atoms with Gasteiger partial charge in [-0.15, -0.1) is 0 Å². The van der Waals surface area contributed by atoms with Crippen LogP contribution in [-0.2, 0) is 19.6 Å². The third-order valence-corrected chi connectivity index (χ3v) is 8.14. The second kappa shape index (κ2) is 10.0. The normalized spacial score (nSPS) is 17.7. The zero-order valence-electron chi connectivity index (χ0n) is 19.2. The fourth-order valence-electron chi connectivity index (χ4n) is 3.97. The van der Waals surface area contributed by atoms with E-state index >= 15 is 0 Å². The highest BCUT2D eigenvalue weighted by atomic mass is 32.2. The summed E-state index contributed by atoms with van der Waals surface area (Å²) in [5.74, 6) is -0.255. The smallest absolute Gasteiger partial charge is 0.293 e. The number of benzene rings is 1. The largest absolute Gasteiger partial charge is 0.362 e. The van der Waals surface area contributed by atoms with Crippen LogP contribution in [0.5, 0.6) is 0 Å². The average Bonchev–Trinajstić information content (AvgIpc) is 3.64. The maximum atomic E-state index is 12.8. The summed E-state index contributed by atoms with van der Waals surface area (Å²) in [6.45, 7) is 7.03. The molecule has 0 aromatic heterocycles. The predicted octanol–water partition coefficient (Wildman–Crippen LogP) is 1.19. The summed E-state index contributed by atoms with van der Waals surface area (Å²) >= 11 is 0. The lowest BCUT2D eigenvalue weighted by Crippen LogP contribution is -2.54. The van der Waals surface area contributed by atoms with Crippen molar-refractivity contribution >= 4 is 33.2 Å². The van der Waals surface area contributed by atoms with E-state index in [1.54, 1.807) is 30.6 Å². The molecule has 12 heteroatoms. The first kappa shape index (κ1) is 24.9. The fourth-order valence-corrected chi connectivity index (χ4v) is 5.45. The molecule has 182 valence electrons. The first-order valence-electron chi connectivity index (χ1n) is 11.2. The minimum atomic E-state index is -3.82. The summed E-state index contributed by atoms with van der Waals surface area (Å²) in [5, 5.41) is 14.5. The Bertz CT molecular complexity index is 1010. The van der Waals surface area contributed by atoms with Crippen LogP contribution in [0.3, 0.4) is 0 Å². The van der Waals surface area contributed by atoms with Gasteiger partial charge in [0.2, 0.25) is 21.8 Å². The zero-order chi connectivity index (χ0) is 24.3. The average molecular weight is 482 g/mol. The monoisotopic (exact) mass is 481 g/mol. The minimum absolute atomic E-state index is 0.0196. The van der Waals surface area contributed by atoms with Gasteiger partial charge in [-0.05, 0) is 31.9 Å². The van der Waals surface area contributed by atoms with Gasteiger partial charge in [-0.3, -0.25) is 19.7 Å². The Kier molecular flexibility index (Phi) is 7.58. The van der Waals surface area contributed by atoms with E-state index in [0.717, 1.165) is 18.9 Å². The molecule has 1 unspecified atom stereocenters. The molecule has 1 aliphatic carbocycles. The number of carbonyl (C=O) groups excluding carboxylic acids is 2. The maximum absolute atomic E-state index is 12.8. The van der Waals surface area contributed by atoms with Crippen molar-refractivity contribution in [3.63, 3.8) is 0 Å². The van der Waals surface area contributed by atoms with E-state index < -0.39 is 21.0 Å². The molecule has 2 fully saturated rings. The number of nitro benzene ring substituents is 1. The second-order valence-electron chi connectivity index (χ2n) is 8.31. The molecule has 2 amide bonds. The third-order valence-electron chi connectivity index (χ3n) is 6.10. The molecule has 0 bridgehead atoms. The topological polar surface area (TPSA) is 133 Å². The highest BCUT2D eigenvalue weighted by Gasteiger charge is 2.34. The molecule has 1 aromatic carbocycles. The molecule has 1 N–H and O–H groups in total. The Balaban J connectivity index is 1.71. The summed E-state index contributed by atoms with van der Waals surface area (Å²) in [4.78, 5) is 39.1. The van der Waals surface area contributed by atoms with Crippen molar-refractivity contribution in [2.45, 2.75) is 44.6 Å². The van der Waals surface area contributed by atoms with Crippen LogP contribution in [0.1, 0.15) is 33.6 Å². The van der Waals surface area contributed by atoms with Gasteiger partial charge in [0.15, 0.2) is 0 Å². The molecule has 11 nitrogen and oxygen atoms in total. The Hall–Kier alpha value is -2.73. The molecular weight excluding hydrogens is 450 g/mol. The Morgan fingerprint density at radius 2 is 1.79 bits per heavy atom. The number of nitrogens with zero attached hydrogens (tertiary/aromatic N) is 4. The lowest BCUT2D eigenvalue weighted by atomic mass is 10.2. The number of hydrogen-bond donors (Lipinski definition) is 1. The van der Waals surface area contributed by atoms with Gasteiger partial charge in [0.1, 0.15) is 11.7 Å². The number of sulfonamides is 1. The number of carbonyl (C=O) groups is 2. The number of anilines is 1. The molecule has 1 aromatic rings. The molecule has 1 aliphatic heterocycles.